The maximum atomic E-state index is 12.1. The molecule has 0 unspecified atom stereocenters. The number of rotatable bonds is 1. The maximum absolute atomic E-state index is 12.1. The van der Waals surface area contributed by atoms with E-state index in [1.165, 1.54) is 4.88 Å². The largest absolute Gasteiger partial charge is 0.268 e. The third-order valence-electron chi connectivity index (χ3n) is 2.87. The molecule has 3 rings (SSSR count). The fraction of sp³-hybridized carbons (Fsp3) is 0.250. The van der Waals surface area contributed by atoms with E-state index in [-0.39, 0.29) is 5.56 Å². The second-order valence-electron chi connectivity index (χ2n) is 3.92. The van der Waals surface area contributed by atoms with Gasteiger partial charge in [0.15, 0.2) is 0 Å². The van der Waals surface area contributed by atoms with Crippen LogP contribution in [0.25, 0.3) is 5.69 Å². The van der Waals surface area contributed by atoms with Gasteiger partial charge in [-0.05, 0) is 43.5 Å². The number of benzene rings is 1. The average Bonchev–Trinajstić information content (AvgIpc) is 2.84. The molecule has 0 fully saturated rings. The first kappa shape index (κ1) is 10.1. The van der Waals surface area contributed by atoms with Crippen molar-refractivity contribution >= 4 is 23.1 Å². The van der Waals surface area contributed by atoms with Crippen LogP contribution in [0.4, 0.5) is 0 Å². The Kier molecular flexibility index (Phi) is 2.37. The Labute approximate surface area is 102 Å². The fourth-order valence-corrected chi connectivity index (χ4v) is 3.37. The molecule has 2 nitrogen and oxygen atoms in total. The zero-order valence-corrected chi connectivity index (χ0v) is 10.1. The summed E-state index contributed by atoms with van der Waals surface area (Å²) in [6.07, 6.45) is 3.11. The summed E-state index contributed by atoms with van der Waals surface area (Å²) in [5.41, 5.74) is 2.08. The van der Waals surface area contributed by atoms with Gasteiger partial charge in [-0.1, -0.05) is 23.1 Å². The van der Waals surface area contributed by atoms with Crippen LogP contribution < -0.4 is 5.56 Å². The zero-order chi connectivity index (χ0) is 11.1. The smallest absolute Gasteiger partial charge is 0.268 e. The molecule has 16 heavy (non-hydrogen) atoms. The van der Waals surface area contributed by atoms with Crippen LogP contribution in [0.3, 0.4) is 0 Å². The summed E-state index contributed by atoms with van der Waals surface area (Å²) >= 11 is 7.40. The van der Waals surface area contributed by atoms with Crippen LogP contribution in [0.1, 0.15) is 16.9 Å². The van der Waals surface area contributed by atoms with Crippen molar-refractivity contribution in [1.82, 2.24) is 3.96 Å². The third kappa shape index (κ3) is 1.51. The summed E-state index contributed by atoms with van der Waals surface area (Å²) in [5.74, 6) is 0. The second-order valence-corrected chi connectivity index (χ2v) is 5.40. The van der Waals surface area contributed by atoms with Gasteiger partial charge in [-0.25, -0.2) is 3.96 Å². The Hall–Kier alpha value is -1.06. The molecule has 0 spiro atoms. The lowest BCUT2D eigenvalue weighted by Crippen LogP contribution is -2.14. The van der Waals surface area contributed by atoms with Crippen LogP contribution in [-0.2, 0) is 12.8 Å². The van der Waals surface area contributed by atoms with Crippen molar-refractivity contribution in [3.8, 4) is 5.69 Å². The van der Waals surface area contributed by atoms with Crippen LogP contribution >= 0.6 is 23.1 Å². The summed E-state index contributed by atoms with van der Waals surface area (Å²) in [5, 5.41) is 0.695. The zero-order valence-electron chi connectivity index (χ0n) is 8.57. The van der Waals surface area contributed by atoms with Crippen molar-refractivity contribution in [3.63, 3.8) is 0 Å². The minimum absolute atomic E-state index is 0.153. The summed E-state index contributed by atoms with van der Waals surface area (Å²) in [6.45, 7) is 0. The van der Waals surface area contributed by atoms with Crippen molar-refractivity contribution in [1.29, 1.82) is 0 Å². The third-order valence-corrected chi connectivity index (χ3v) is 4.35. The predicted molar refractivity (Wildman–Crippen MR) is 67.0 cm³/mol. The van der Waals surface area contributed by atoms with Crippen molar-refractivity contribution in [3.05, 3.63) is 50.1 Å². The number of fused-ring (bicyclic) bond motifs is 1. The highest BCUT2D eigenvalue weighted by atomic mass is 35.5. The number of aryl methyl sites for hydroxylation is 1. The molecule has 82 valence electrons. The molecule has 0 radical (unpaired) electrons. The van der Waals surface area contributed by atoms with Crippen LogP contribution in [-0.4, -0.2) is 3.96 Å². The average molecular weight is 252 g/mol. The number of halogens is 1. The Bertz CT molecular complexity index is 582. The van der Waals surface area contributed by atoms with E-state index in [1.54, 1.807) is 15.5 Å². The minimum atomic E-state index is 0.153. The monoisotopic (exact) mass is 251 g/mol. The first-order chi connectivity index (χ1) is 7.75. The van der Waals surface area contributed by atoms with Gasteiger partial charge in [-0.2, -0.15) is 0 Å². The molecule has 1 aliphatic carbocycles. The highest BCUT2D eigenvalue weighted by Gasteiger charge is 2.20. The standard InChI is InChI=1S/C12H10ClNOS/c13-8-4-6-9(7-5-8)14-12(15)10-2-1-3-11(10)16-14/h4-7H,1-3H2. The molecule has 0 amide bonds. The summed E-state index contributed by atoms with van der Waals surface area (Å²) in [6, 6.07) is 7.40. The predicted octanol–water partition coefficient (Wildman–Crippen LogP) is 3.04. The number of hydrogen-bond donors (Lipinski definition) is 0. The maximum Gasteiger partial charge on any atom is 0.268 e. The minimum Gasteiger partial charge on any atom is -0.268 e. The highest BCUT2D eigenvalue weighted by molar-refractivity contribution is 7.07. The van der Waals surface area contributed by atoms with E-state index in [1.807, 2.05) is 24.3 Å². The molecule has 1 aliphatic rings. The Morgan fingerprint density at radius 1 is 1.19 bits per heavy atom. The summed E-state index contributed by atoms with van der Waals surface area (Å²) < 4.78 is 1.76. The van der Waals surface area contributed by atoms with Crippen molar-refractivity contribution in [2.45, 2.75) is 19.3 Å². The Morgan fingerprint density at radius 3 is 2.62 bits per heavy atom. The Morgan fingerprint density at radius 2 is 1.94 bits per heavy atom. The molecule has 1 aromatic heterocycles. The van der Waals surface area contributed by atoms with Gasteiger partial charge < -0.3 is 0 Å². The molecule has 1 heterocycles. The number of aromatic nitrogens is 1. The number of hydrogen-bond acceptors (Lipinski definition) is 2. The van der Waals surface area contributed by atoms with Crippen LogP contribution in [0.5, 0.6) is 0 Å². The normalized spacial score (nSPS) is 14.1. The van der Waals surface area contributed by atoms with Gasteiger partial charge in [0.05, 0.1) is 5.69 Å². The van der Waals surface area contributed by atoms with Crippen molar-refractivity contribution in [2.75, 3.05) is 0 Å². The molecule has 0 N–H and O–H groups in total. The Balaban J connectivity index is 2.14. The van der Waals surface area contributed by atoms with Crippen LogP contribution in [0, 0.1) is 0 Å². The van der Waals surface area contributed by atoms with Gasteiger partial charge in [-0.15, -0.1) is 0 Å². The van der Waals surface area contributed by atoms with Gasteiger partial charge in [0.25, 0.3) is 5.56 Å². The molecule has 0 saturated carbocycles. The summed E-state index contributed by atoms with van der Waals surface area (Å²) in [7, 11) is 0. The van der Waals surface area contributed by atoms with Crippen LogP contribution in [0.15, 0.2) is 29.1 Å². The SMILES string of the molecule is O=c1c2c(sn1-c1ccc(Cl)cc1)CCC2. The molecule has 4 heteroatoms. The van der Waals surface area contributed by atoms with Crippen molar-refractivity contribution in [2.24, 2.45) is 0 Å². The molecule has 0 aliphatic heterocycles. The first-order valence-electron chi connectivity index (χ1n) is 5.26. The van der Waals surface area contributed by atoms with Gasteiger partial charge in [0.1, 0.15) is 0 Å². The lowest BCUT2D eigenvalue weighted by Gasteiger charge is -2.00. The fourth-order valence-electron chi connectivity index (χ4n) is 2.06. The van der Waals surface area contributed by atoms with E-state index < -0.39 is 0 Å². The van der Waals surface area contributed by atoms with Gasteiger partial charge >= 0.3 is 0 Å². The first-order valence-corrected chi connectivity index (χ1v) is 6.41. The van der Waals surface area contributed by atoms with Gasteiger partial charge in [-0.3, -0.25) is 4.79 Å². The highest BCUT2D eigenvalue weighted by Crippen LogP contribution is 2.25. The van der Waals surface area contributed by atoms with E-state index in [9.17, 15) is 4.79 Å². The van der Waals surface area contributed by atoms with E-state index in [2.05, 4.69) is 0 Å². The van der Waals surface area contributed by atoms with E-state index in [4.69, 9.17) is 11.6 Å². The molecule has 0 bridgehead atoms. The molecular weight excluding hydrogens is 242 g/mol. The molecule has 0 saturated heterocycles. The van der Waals surface area contributed by atoms with Crippen LogP contribution in [0.2, 0.25) is 5.02 Å². The second kappa shape index (κ2) is 3.75. The van der Waals surface area contributed by atoms with E-state index in [0.29, 0.717) is 5.02 Å². The lowest BCUT2D eigenvalue weighted by atomic mass is 10.3. The lowest BCUT2D eigenvalue weighted by molar-refractivity contribution is 0.900. The van der Waals surface area contributed by atoms with E-state index >= 15 is 0 Å². The quantitative estimate of drug-likeness (QED) is 0.764. The topological polar surface area (TPSA) is 22.0 Å². The molecular formula is C12H10ClNOS. The van der Waals surface area contributed by atoms with Gasteiger partial charge in [0.2, 0.25) is 0 Å². The van der Waals surface area contributed by atoms with Crippen molar-refractivity contribution < 1.29 is 0 Å². The molecule has 2 aromatic rings. The number of nitrogens with zero attached hydrogens (tertiary/aromatic N) is 1. The summed E-state index contributed by atoms with van der Waals surface area (Å²) in [4.78, 5) is 13.3. The van der Waals surface area contributed by atoms with Gasteiger partial charge in [0, 0.05) is 15.5 Å². The van der Waals surface area contributed by atoms with E-state index in [0.717, 1.165) is 30.5 Å². The molecule has 1 aromatic carbocycles. The molecule has 0 atom stereocenters.